The Morgan fingerprint density at radius 1 is 1.30 bits per heavy atom. The summed E-state index contributed by atoms with van der Waals surface area (Å²) in [4.78, 5) is 27.0. The molecule has 0 radical (unpaired) electrons. The Morgan fingerprint density at radius 3 is 2.55 bits per heavy atom. The molecule has 1 fully saturated rings. The van der Waals surface area contributed by atoms with Crippen LogP contribution in [0.1, 0.15) is 13.3 Å². The van der Waals surface area contributed by atoms with Crippen molar-refractivity contribution in [2.45, 2.75) is 19.9 Å². The van der Waals surface area contributed by atoms with E-state index in [1.165, 1.54) is 4.57 Å². The number of H-pyrrole nitrogens is 1. The molecule has 2 aromatic rings. The second kappa shape index (κ2) is 4.94. The normalized spacial score (nSPS) is 20.9. The predicted octanol–water partition coefficient (Wildman–Crippen LogP) is 2.51. The first-order valence-electron chi connectivity index (χ1n) is 6.66. The molecule has 2 atom stereocenters. The second-order valence-electron chi connectivity index (χ2n) is 5.37. The van der Waals surface area contributed by atoms with E-state index >= 15 is 0 Å². The van der Waals surface area contributed by atoms with Crippen LogP contribution in [0, 0.1) is 11.8 Å². The molecule has 20 heavy (non-hydrogen) atoms. The highest BCUT2D eigenvalue weighted by Gasteiger charge is 2.33. The van der Waals surface area contributed by atoms with Gasteiger partial charge in [-0.1, -0.05) is 48.9 Å². The van der Waals surface area contributed by atoms with Gasteiger partial charge < -0.3 is 0 Å². The van der Waals surface area contributed by atoms with Gasteiger partial charge in [-0.05, 0) is 23.8 Å². The van der Waals surface area contributed by atoms with Gasteiger partial charge in [-0.3, -0.25) is 14.3 Å². The number of rotatable bonds is 3. The minimum absolute atomic E-state index is 0.103. The van der Waals surface area contributed by atoms with Crippen molar-refractivity contribution in [1.82, 2.24) is 9.55 Å². The second-order valence-corrected chi connectivity index (χ2v) is 5.75. The van der Waals surface area contributed by atoms with Crippen molar-refractivity contribution in [1.29, 1.82) is 0 Å². The van der Waals surface area contributed by atoms with Gasteiger partial charge >= 0.3 is 5.69 Å². The molecule has 0 bridgehead atoms. The first-order chi connectivity index (χ1) is 9.58. The zero-order valence-corrected chi connectivity index (χ0v) is 11.9. The molecule has 2 unspecified atom stereocenters. The van der Waals surface area contributed by atoms with E-state index in [9.17, 15) is 9.59 Å². The number of aromatic amines is 1. The lowest BCUT2D eigenvalue weighted by atomic mass is 10.1. The number of aromatic nitrogens is 2. The SMILES string of the molecule is CC1CC1Cn1c(=O)[nH]c(Cl)c(-c2ccccc2)c1=O. The highest BCUT2D eigenvalue weighted by molar-refractivity contribution is 6.32. The molecule has 0 spiro atoms. The van der Waals surface area contributed by atoms with Gasteiger partial charge in [-0.2, -0.15) is 0 Å². The van der Waals surface area contributed by atoms with Crippen molar-refractivity contribution < 1.29 is 0 Å². The summed E-state index contributed by atoms with van der Waals surface area (Å²) in [7, 11) is 0. The maximum atomic E-state index is 12.5. The van der Waals surface area contributed by atoms with E-state index in [4.69, 9.17) is 11.6 Å². The third kappa shape index (κ3) is 2.31. The van der Waals surface area contributed by atoms with E-state index in [0.717, 1.165) is 12.0 Å². The third-order valence-electron chi connectivity index (χ3n) is 3.90. The predicted molar refractivity (Wildman–Crippen MR) is 79.0 cm³/mol. The summed E-state index contributed by atoms with van der Waals surface area (Å²) in [5, 5.41) is 0.103. The van der Waals surface area contributed by atoms with Crippen LogP contribution in [0.15, 0.2) is 39.9 Å². The average Bonchev–Trinajstić information content (AvgIpc) is 3.11. The molecule has 1 heterocycles. The van der Waals surface area contributed by atoms with Crippen molar-refractivity contribution in [3.8, 4) is 11.1 Å². The summed E-state index contributed by atoms with van der Waals surface area (Å²) < 4.78 is 1.27. The number of benzene rings is 1. The van der Waals surface area contributed by atoms with Crippen LogP contribution in [0.4, 0.5) is 0 Å². The lowest BCUT2D eigenvalue weighted by molar-refractivity contribution is 0.552. The van der Waals surface area contributed by atoms with Crippen molar-refractivity contribution in [2.24, 2.45) is 11.8 Å². The van der Waals surface area contributed by atoms with Crippen molar-refractivity contribution in [3.63, 3.8) is 0 Å². The Kier molecular flexibility index (Phi) is 3.26. The molecule has 1 saturated carbocycles. The van der Waals surface area contributed by atoms with Gasteiger partial charge in [0.15, 0.2) is 0 Å². The Labute approximate surface area is 121 Å². The largest absolute Gasteiger partial charge is 0.329 e. The van der Waals surface area contributed by atoms with E-state index in [1.807, 2.05) is 30.3 Å². The average molecular weight is 291 g/mol. The smallest absolute Gasteiger partial charge is 0.297 e. The highest BCUT2D eigenvalue weighted by Crippen LogP contribution is 2.38. The molecule has 104 valence electrons. The van der Waals surface area contributed by atoms with Crippen LogP contribution in [-0.4, -0.2) is 9.55 Å². The van der Waals surface area contributed by atoms with Crippen LogP contribution in [0.2, 0.25) is 5.15 Å². The van der Waals surface area contributed by atoms with Crippen LogP contribution < -0.4 is 11.2 Å². The Morgan fingerprint density at radius 2 is 1.95 bits per heavy atom. The number of halogens is 1. The van der Waals surface area contributed by atoms with Gasteiger partial charge in [0, 0.05) is 6.54 Å². The van der Waals surface area contributed by atoms with Crippen LogP contribution in [0.3, 0.4) is 0 Å². The molecular weight excluding hydrogens is 276 g/mol. The molecule has 3 rings (SSSR count). The molecule has 1 aromatic heterocycles. The highest BCUT2D eigenvalue weighted by atomic mass is 35.5. The summed E-state index contributed by atoms with van der Waals surface area (Å²) in [6, 6.07) is 9.16. The molecule has 0 aliphatic heterocycles. The third-order valence-corrected chi connectivity index (χ3v) is 4.18. The van der Waals surface area contributed by atoms with Gasteiger partial charge in [0.1, 0.15) is 5.15 Å². The van der Waals surface area contributed by atoms with Gasteiger partial charge in [0.2, 0.25) is 0 Å². The fourth-order valence-electron chi connectivity index (χ4n) is 2.45. The van der Waals surface area contributed by atoms with Crippen LogP contribution in [-0.2, 0) is 6.54 Å². The quantitative estimate of drug-likeness (QED) is 0.883. The van der Waals surface area contributed by atoms with E-state index in [-0.39, 0.29) is 10.7 Å². The minimum Gasteiger partial charge on any atom is -0.297 e. The maximum absolute atomic E-state index is 12.5. The number of nitrogens with one attached hydrogen (secondary N) is 1. The zero-order valence-electron chi connectivity index (χ0n) is 11.1. The van der Waals surface area contributed by atoms with Gasteiger partial charge in [-0.15, -0.1) is 0 Å². The van der Waals surface area contributed by atoms with Crippen LogP contribution >= 0.6 is 11.6 Å². The van der Waals surface area contributed by atoms with E-state index < -0.39 is 5.69 Å². The molecule has 1 aliphatic rings. The minimum atomic E-state index is -0.432. The molecule has 1 N–H and O–H groups in total. The molecule has 1 aromatic carbocycles. The Bertz CT molecular complexity index is 749. The number of hydrogen-bond acceptors (Lipinski definition) is 2. The van der Waals surface area contributed by atoms with Crippen LogP contribution in [0.5, 0.6) is 0 Å². The number of hydrogen-bond donors (Lipinski definition) is 1. The molecular formula is C15H15ClN2O2. The topological polar surface area (TPSA) is 54.9 Å². The summed E-state index contributed by atoms with van der Waals surface area (Å²) in [6.45, 7) is 2.59. The fraction of sp³-hybridized carbons (Fsp3) is 0.333. The van der Waals surface area contributed by atoms with Crippen molar-refractivity contribution >= 4 is 11.6 Å². The first kappa shape index (κ1) is 13.2. The first-order valence-corrected chi connectivity index (χ1v) is 7.03. The van der Waals surface area contributed by atoms with E-state index in [2.05, 4.69) is 11.9 Å². The Balaban J connectivity index is 2.13. The lowest BCUT2D eigenvalue weighted by Crippen LogP contribution is -2.36. The van der Waals surface area contributed by atoms with E-state index in [1.54, 1.807) is 0 Å². The van der Waals surface area contributed by atoms with Crippen molar-refractivity contribution in [3.05, 3.63) is 56.3 Å². The lowest BCUT2D eigenvalue weighted by Gasteiger charge is -2.08. The maximum Gasteiger partial charge on any atom is 0.329 e. The van der Waals surface area contributed by atoms with Gasteiger partial charge in [0.25, 0.3) is 5.56 Å². The summed E-state index contributed by atoms with van der Waals surface area (Å²) in [5.74, 6) is 0.996. The van der Waals surface area contributed by atoms with E-state index in [0.29, 0.717) is 23.9 Å². The molecule has 4 nitrogen and oxygen atoms in total. The molecule has 1 aliphatic carbocycles. The summed E-state index contributed by atoms with van der Waals surface area (Å²) in [5.41, 5.74) is 0.333. The van der Waals surface area contributed by atoms with Gasteiger partial charge in [-0.25, -0.2) is 4.79 Å². The fourth-order valence-corrected chi connectivity index (χ4v) is 2.72. The molecule has 5 heteroatoms. The summed E-state index contributed by atoms with van der Waals surface area (Å²) in [6.07, 6.45) is 1.06. The van der Waals surface area contributed by atoms with Gasteiger partial charge in [0.05, 0.1) is 5.56 Å². The summed E-state index contributed by atoms with van der Waals surface area (Å²) >= 11 is 6.05. The standard InChI is InChI=1S/C15H15ClN2O2/c1-9-7-11(9)8-18-14(19)12(13(16)17-15(18)20)10-5-3-2-4-6-10/h2-6,9,11H,7-8H2,1H3,(H,17,20). The zero-order chi connectivity index (χ0) is 14.3. The van der Waals surface area contributed by atoms with Crippen molar-refractivity contribution in [2.75, 3.05) is 0 Å². The monoisotopic (exact) mass is 290 g/mol. The molecule has 0 saturated heterocycles. The molecule has 0 amide bonds. The van der Waals surface area contributed by atoms with Crippen LogP contribution in [0.25, 0.3) is 11.1 Å². The Hall–Kier alpha value is -1.81. The number of nitrogens with zero attached hydrogens (tertiary/aromatic N) is 1.